The van der Waals surface area contributed by atoms with Gasteiger partial charge in [-0.15, -0.1) is 11.3 Å². The second-order valence-corrected chi connectivity index (χ2v) is 7.60. The van der Waals surface area contributed by atoms with Crippen molar-refractivity contribution in [1.82, 2.24) is 0 Å². The number of hydrogen-bond acceptors (Lipinski definition) is 4. The summed E-state index contributed by atoms with van der Waals surface area (Å²) in [5.41, 5.74) is 2.65. The Morgan fingerprint density at radius 3 is 2.88 bits per heavy atom. The van der Waals surface area contributed by atoms with Crippen LogP contribution in [0.15, 0.2) is 29.4 Å². The number of thiophene rings is 1. The van der Waals surface area contributed by atoms with E-state index in [4.69, 9.17) is 5.41 Å². The van der Waals surface area contributed by atoms with Gasteiger partial charge in [0, 0.05) is 15.7 Å². The second kappa shape index (κ2) is 7.16. The van der Waals surface area contributed by atoms with Crippen molar-refractivity contribution in [2.45, 2.75) is 45.4 Å². The van der Waals surface area contributed by atoms with E-state index in [0.29, 0.717) is 5.57 Å². The van der Waals surface area contributed by atoms with Crippen molar-refractivity contribution >= 4 is 22.6 Å². The number of rotatable bonds is 4. The van der Waals surface area contributed by atoms with Crippen LogP contribution in [0.5, 0.6) is 0 Å². The Hall–Kier alpha value is -2.17. The van der Waals surface area contributed by atoms with Crippen LogP contribution in [0.25, 0.3) is 5.57 Å². The highest BCUT2D eigenvalue weighted by Gasteiger charge is 2.39. The lowest BCUT2D eigenvalue weighted by Gasteiger charge is -2.34. The minimum atomic E-state index is -0.548. The van der Waals surface area contributed by atoms with Gasteiger partial charge in [0.1, 0.15) is 12.0 Å². The average molecular weight is 335 g/mol. The average Bonchev–Trinajstić information content (AvgIpc) is 3.07. The van der Waals surface area contributed by atoms with E-state index in [9.17, 15) is 10.5 Å². The van der Waals surface area contributed by atoms with E-state index in [1.54, 1.807) is 11.3 Å². The van der Waals surface area contributed by atoms with Gasteiger partial charge in [-0.1, -0.05) is 19.4 Å². The summed E-state index contributed by atoms with van der Waals surface area (Å²) in [4.78, 5) is 2.45. The highest BCUT2D eigenvalue weighted by atomic mass is 32.1. The molecule has 0 spiro atoms. The zero-order chi connectivity index (χ0) is 17.1. The van der Waals surface area contributed by atoms with E-state index in [0.717, 1.165) is 41.7 Å². The van der Waals surface area contributed by atoms with Crippen LogP contribution in [-0.2, 0) is 6.42 Å². The number of nitrogens with one attached hydrogen (secondary N) is 1. The van der Waals surface area contributed by atoms with Crippen LogP contribution in [0.4, 0.5) is 0 Å². The zero-order valence-corrected chi connectivity index (χ0v) is 14.7. The number of nitriles is 2. The van der Waals surface area contributed by atoms with Gasteiger partial charge in [0.2, 0.25) is 0 Å². The summed E-state index contributed by atoms with van der Waals surface area (Å²) < 4.78 is 0. The Morgan fingerprint density at radius 2 is 2.17 bits per heavy atom. The first kappa shape index (κ1) is 16.7. The number of allylic oxidation sites excluding steroid dienone is 4. The lowest BCUT2D eigenvalue weighted by atomic mass is 9.68. The van der Waals surface area contributed by atoms with Crippen LogP contribution in [0.3, 0.4) is 0 Å². The molecule has 1 aromatic rings. The lowest BCUT2D eigenvalue weighted by molar-refractivity contribution is 0.580. The first-order valence-corrected chi connectivity index (χ1v) is 9.44. The highest BCUT2D eigenvalue weighted by Crippen LogP contribution is 2.47. The molecule has 0 saturated heterocycles. The Balaban J connectivity index is 2.09. The van der Waals surface area contributed by atoms with Crippen LogP contribution in [-0.4, -0.2) is 5.71 Å². The first-order chi connectivity index (χ1) is 11.7. The van der Waals surface area contributed by atoms with Gasteiger partial charge in [0.05, 0.1) is 17.4 Å². The van der Waals surface area contributed by atoms with Crippen molar-refractivity contribution in [3.8, 4) is 12.1 Å². The number of nitrogens with zero attached hydrogens (tertiary/aromatic N) is 2. The number of aryl methyl sites for hydroxylation is 1. The first-order valence-electron chi connectivity index (χ1n) is 8.63. The van der Waals surface area contributed by atoms with Crippen molar-refractivity contribution in [2.24, 2.45) is 11.8 Å². The van der Waals surface area contributed by atoms with E-state index in [1.165, 1.54) is 17.7 Å². The molecule has 3 rings (SSSR count). The molecule has 0 fully saturated rings. The summed E-state index contributed by atoms with van der Waals surface area (Å²) in [5.74, 6) is -0.418. The monoisotopic (exact) mass is 335 g/mol. The van der Waals surface area contributed by atoms with Crippen molar-refractivity contribution in [1.29, 1.82) is 15.9 Å². The van der Waals surface area contributed by atoms with Crippen LogP contribution in [0, 0.1) is 39.9 Å². The van der Waals surface area contributed by atoms with Gasteiger partial charge in [-0.3, -0.25) is 0 Å². The van der Waals surface area contributed by atoms with Crippen molar-refractivity contribution in [3.05, 3.63) is 39.1 Å². The van der Waals surface area contributed by atoms with Gasteiger partial charge >= 0.3 is 0 Å². The largest absolute Gasteiger partial charge is 0.302 e. The molecule has 1 heterocycles. The van der Waals surface area contributed by atoms with Gasteiger partial charge in [-0.05, 0) is 55.4 Å². The molecule has 0 radical (unpaired) electrons. The van der Waals surface area contributed by atoms with Crippen LogP contribution in [0.1, 0.15) is 48.8 Å². The predicted molar refractivity (Wildman–Crippen MR) is 97.7 cm³/mol. The Kier molecular flexibility index (Phi) is 4.97. The highest BCUT2D eigenvalue weighted by molar-refractivity contribution is 7.13. The number of hydrogen-bond donors (Lipinski definition) is 1. The summed E-state index contributed by atoms with van der Waals surface area (Å²) in [6.45, 7) is 2.19. The summed E-state index contributed by atoms with van der Waals surface area (Å²) >= 11 is 1.75. The molecule has 0 aromatic carbocycles. The molecular weight excluding hydrogens is 314 g/mol. The molecule has 4 heteroatoms. The second-order valence-electron chi connectivity index (χ2n) is 6.43. The van der Waals surface area contributed by atoms with E-state index < -0.39 is 5.92 Å². The van der Waals surface area contributed by atoms with Crippen molar-refractivity contribution < 1.29 is 0 Å². The van der Waals surface area contributed by atoms with Crippen LogP contribution >= 0.6 is 11.3 Å². The molecule has 3 nitrogen and oxygen atoms in total. The van der Waals surface area contributed by atoms with Gasteiger partial charge in [0.25, 0.3) is 0 Å². The zero-order valence-electron chi connectivity index (χ0n) is 13.9. The van der Waals surface area contributed by atoms with E-state index in [1.807, 2.05) is 0 Å². The van der Waals surface area contributed by atoms with Gasteiger partial charge in [0.15, 0.2) is 0 Å². The molecule has 0 bridgehead atoms. The number of fused-ring (bicyclic) bond motifs is 1. The van der Waals surface area contributed by atoms with E-state index in [2.05, 4.69) is 37.3 Å². The smallest absolute Gasteiger partial charge is 0.111 e. The van der Waals surface area contributed by atoms with Gasteiger partial charge in [-0.2, -0.15) is 10.5 Å². The Morgan fingerprint density at radius 1 is 1.33 bits per heavy atom. The van der Waals surface area contributed by atoms with Crippen molar-refractivity contribution in [3.63, 3.8) is 0 Å². The molecule has 2 atom stereocenters. The maximum atomic E-state index is 9.67. The normalized spacial score (nSPS) is 23.3. The Bertz CT molecular complexity index is 798. The van der Waals surface area contributed by atoms with Crippen LogP contribution < -0.4 is 0 Å². The minimum absolute atomic E-state index is 0.129. The SMILES string of the molecule is CCCCc1ccc(C2=C(C#N)C(=N)C(C#N)C3=CCCC[C@H]32)s1. The molecule has 2 aliphatic rings. The minimum Gasteiger partial charge on any atom is -0.302 e. The molecule has 24 heavy (non-hydrogen) atoms. The maximum absolute atomic E-state index is 9.67. The molecule has 122 valence electrons. The molecule has 1 aromatic heterocycles. The molecule has 1 unspecified atom stereocenters. The third kappa shape index (κ3) is 2.83. The standard InChI is InChI=1S/C20H21N3S/c1-2-3-6-13-9-10-18(24-13)19-15-8-5-4-7-14(15)16(11-21)20(23)17(19)12-22/h7,9-10,15-16,23H,2-6,8H2,1H3/t15-,16?/m1/s1. The van der Waals surface area contributed by atoms with E-state index in [-0.39, 0.29) is 11.6 Å². The third-order valence-electron chi connectivity index (χ3n) is 4.93. The number of unbranched alkanes of at least 4 members (excludes halogenated alkanes) is 1. The van der Waals surface area contributed by atoms with Gasteiger partial charge in [-0.25, -0.2) is 0 Å². The molecular formula is C20H21N3S. The molecule has 0 saturated carbocycles. The quantitative estimate of drug-likeness (QED) is 0.762. The fourth-order valence-electron chi connectivity index (χ4n) is 3.72. The summed E-state index contributed by atoms with van der Waals surface area (Å²) in [6.07, 6.45) is 8.57. The topological polar surface area (TPSA) is 71.4 Å². The van der Waals surface area contributed by atoms with Gasteiger partial charge < -0.3 is 5.41 Å². The fourth-order valence-corrected chi connectivity index (χ4v) is 4.88. The molecule has 0 aliphatic heterocycles. The molecule has 1 N–H and O–H groups in total. The summed E-state index contributed by atoms with van der Waals surface area (Å²) in [5, 5.41) is 27.6. The summed E-state index contributed by atoms with van der Waals surface area (Å²) in [6, 6.07) is 8.75. The molecule has 2 aliphatic carbocycles. The molecule has 0 amide bonds. The predicted octanol–water partition coefficient (Wildman–Crippen LogP) is 5.27. The fraction of sp³-hybridized carbons (Fsp3) is 0.450. The van der Waals surface area contributed by atoms with Crippen molar-refractivity contribution in [2.75, 3.05) is 0 Å². The maximum Gasteiger partial charge on any atom is 0.111 e. The lowest BCUT2D eigenvalue weighted by Crippen LogP contribution is -2.30. The third-order valence-corrected chi connectivity index (χ3v) is 6.11. The van der Waals surface area contributed by atoms with E-state index >= 15 is 0 Å². The Labute approximate surface area is 147 Å². The summed E-state index contributed by atoms with van der Waals surface area (Å²) in [7, 11) is 0. The van der Waals surface area contributed by atoms with Crippen LogP contribution in [0.2, 0.25) is 0 Å².